The smallest absolute Gasteiger partial charge is 0.272 e. The van der Waals surface area contributed by atoms with Gasteiger partial charge in [-0.3, -0.25) is 9.78 Å². The summed E-state index contributed by atoms with van der Waals surface area (Å²) >= 11 is 0. The Labute approximate surface area is 170 Å². The van der Waals surface area contributed by atoms with Gasteiger partial charge in [0.05, 0.1) is 18.9 Å². The molecule has 29 heavy (non-hydrogen) atoms. The van der Waals surface area contributed by atoms with Gasteiger partial charge in [0.25, 0.3) is 5.91 Å². The van der Waals surface area contributed by atoms with Crippen molar-refractivity contribution in [3.63, 3.8) is 0 Å². The van der Waals surface area contributed by atoms with Crippen LogP contribution in [-0.4, -0.2) is 24.2 Å². The minimum absolute atomic E-state index is 0.318. The van der Waals surface area contributed by atoms with Crippen molar-refractivity contribution in [2.75, 3.05) is 7.11 Å². The summed E-state index contributed by atoms with van der Waals surface area (Å²) in [6.45, 7) is 4.40. The van der Waals surface area contributed by atoms with E-state index < -0.39 is 0 Å². The highest BCUT2D eigenvalue weighted by Gasteiger charge is 2.08. The van der Waals surface area contributed by atoms with Crippen LogP contribution >= 0.6 is 0 Å². The Bertz CT molecular complexity index is 997. The molecule has 1 amide bonds. The predicted molar refractivity (Wildman–Crippen MR) is 113 cm³/mol. The van der Waals surface area contributed by atoms with Crippen molar-refractivity contribution in [1.29, 1.82) is 0 Å². The molecule has 0 saturated carbocycles. The van der Waals surface area contributed by atoms with Gasteiger partial charge >= 0.3 is 0 Å². The van der Waals surface area contributed by atoms with Gasteiger partial charge in [-0.2, -0.15) is 5.10 Å². The molecule has 0 spiro atoms. The molecule has 0 aliphatic rings. The molecule has 0 atom stereocenters. The summed E-state index contributed by atoms with van der Waals surface area (Å²) in [6.07, 6.45) is 4.68. The number of hydrogen-bond acceptors (Lipinski definition) is 5. The second kappa shape index (κ2) is 9.50. The largest absolute Gasteiger partial charge is 0.496 e. The van der Waals surface area contributed by atoms with Gasteiger partial charge in [-0.15, -0.1) is 0 Å². The fourth-order valence-electron chi connectivity index (χ4n) is 2.90. The first-order chi connectivity index (χ1) is 14.1. The lowest BCUT2D eigenvalue weighted by atomic mass is 10.1. The molecule has 148 valence electrons. The van der Waals surface area contributed by atoms with Crippen molar-refractivity contribution < 1.29 is 14.3 Å². The number of pyridine rings is 1. The molecule has 0 radical (unpaired) electrons. The number of amides is 1. The van der Waals surface area contributed by atoms with E-state index in [0.29, 0.717) is 12.2 Å². The third-order valence-electron chi connectivity index (χ3n) is 4.39. The van der Waals surface area contributed by atoms with E-state index in [9.17, 15) is 4.79 Å². The second-order valence-corrected chi connectivity index (χ2v) is 6.52. The Morgan fingerprint density at radius 1 is 1.14 bits per heavy atom. The van der Waals surface area contributed by atoms with E-state index in [1.165, 1.54) is 6.20 Å². The van der Waals surface area contributed by atoms with Crippen molar-refractivity contribution >= 4 is 12.1 Å². The predicted octanol–water partition coefficient (Wildman–Crippen LogP) is 4.05. The van der Waals surface area contributed by atoms with Gasteiger partial charge in [0.2, 0.25) is 0 Å². The first-order valence-corrected chi connectivity index (χ1v) is 9.18. The highest BCUT2D eigenvalue weighted by atomic mass is 16.5. The Balaban J connectivity index is 1.70. The van der Waals surface area contributed by atoms with Crippen molar-refractivity contribution in [3.8, 4) is 11.5 Å². The molecule has 3 aromatic rings. The zero-order valence-electron chi connectivity index (χ0n) is 16.7. The molecule has 0 fully saturated rings. The van der Waals surface area contributed by atoms with E-state index in [0.717, 1.165) is 33.8 Å². The number of nitrogens with zero attached hydrogens (tertiary/aromatic N) is 2. The fraction of sp³-hybridized carbons (Fsp3) is 0.174. The zero-order valence-corrected chi connectivity index (χ0v) is 16.7. The number of hydrazone groups is 1. The van der Waals surface area contributed by atoms with Crippen molar-refractivity contribution in [2.45, 2.75) is 20.5 Å². The number of rotatable bonds is 7. The maximum atomic E-state index is 12.0. The molecule has 3 rings (SSSR count). The molecular weight excluding hydrogens is 366 g/mol. The molecule has 0 unspecified atom stereocenters. The van der Waals surface area contributed by atoms with Crippen LogP contribution in [0.3, 0.4) is 0 Å². The minimum atomic E-state index is -0.318. The summed E-state index contributed by atoms with van der Waals surface area (Å²) in [5.74, 6) is 1.28. The summed E-state index contributed by atoms with van der Waals surface area (Å²) < 4.78 is 11.5. The van der Waals surface area contributed by atoms with E-state index >= 15 is 0 Å². The number of nitrogens with one attached hydrogen (secondary N) is 1. The number of aromatic nitrogens is 1. The molecule has 1 heterocycles. The lowest BCUT2D eigenvalue weighted by molar-refractivity contribution is 0.0955. The average molecular weight is 389 g/mol. The van der Waals surface area contributed by atoms with E-state index in [1.54, 1.807) is 31.7 Å². The number of carbonyl (C=O) groups is 1. The van der Waals surface area contributed by atoms with E-state index in [1.807, 2.05) is 50.2 Å². The van der Waals surface area contributed by atoms with Crippen LogP contribution in [0.4, 0.5) is 0 Å². The molecule has 0 saturated heterocycles. The van der Waals surface area contributed by atoms with Crippen LogP contribution in [0.25, 0.3) is 0 Å². The quantitative estimate of drug-likeness (QED) is 0.489. The highest BCUT2D eigenvalue weighted by molar-refractivity contribution is 5.94. The van der Waals surface area contributed by atoms with Gasteiger partial charge in [-0.25, -0.2) is 5.43 Å². The van der Waals surface area contributed by atoms with Gasteiger partial charge in [0.15, 0.2) is 0 Å². The zero-order chi connectivity index (χ0) is 20.6. The standard InChI is InChI=1S/C23H23N3O3/c1-16-6-4-7-17(2)22(16)29-15-20-12-18(9-10-21(20)28-3)13-25-26-23(27)19-8-5-11-24-14-19/h4-14H,15H2,1-3H3,(H,26,27)/b25-13+. The number of benzene rings is 2. The van der Waals surface area contributed by atoms with Crippen LogP contribution in [0.5, 0.6) is 11.5 Å². The Kier molecular flexibility index (Phi) is 6.58. The van der Waals surface area contributed by atoms with Crippen LogP contribution in [0.1, 0.15) is 32.6 Å². The van der Waals surface area contributed by atoms with Crippen LogP contribution in [0, 0.1) is 13.8 Å². The Hall–Kier alpha value is -3.67. The van der Waals surface area contributed by atoms with Gasteiger partial charge in [0.1, 0.15) is 18.1 Å². The second-order valence-electron chi connectivity index (χ2n) is 6.52. The third-order valence-corrected chi connectivity index (χ3v) is 4.39. The molecule has 6 heteroatoms. The van der Waals surface area contributed by atoms with Crippen LogP contribution in [0.2, 0.25) is 0 Å². The lowest BCUT2D eigenvalue weighted by Gasteiger charge is -2.14. The number of aryl methyl sites for hydroxylation is 2. The normalized spacial score (nSPS) is 10.7. The molecule has 1 N–H and O–H groups in total. The summed E-state index contributed by atoms with van der Waals surface area (Å²) in [7, 11) is 1.62. The van der Waals surface area contributed by atoms with Crippen molar-refractivity contribution in [2.24, 2.45) is 5.10 Å². The molecule has 0 aliphatic heterocycles. The molecule has 1 aromatic heterocycles. The lowest BCUT2D eigenvalue weighted by Crippen LogP contribution is -2.17. The van der Waals surface area contributed by atoms with Crippen LogP contribution in [-0.2, 0) is 6.61 Å². The summed E-state index contributed by atoms with van der Waals surface area (Å²) in [5, 5.41) is 4.03. The Morgan fingerprint density at radius 2 is 1.93 bits per heavy atom. The SMILES string of the molecule is COc1ccc(/C=N/NC(=O)c2cccnc2)cc1COc1c(C)cccc1C. The van der Waals surface area contributed by atoms with Crippen molar-refractivity contribution in [3.05, 3.63) is 88.7 Å². The molecule has 2 aromatic carbocycles. The third kappa shape index (κ3) is 5.19. The van der Waals surface area contributed by atoms with Gasteiger partial charge in [-0.1, -0.05) is 18.2 Å². The van der Waals surface area contributed by atoms with E-state index in [2.05, 4.69) is 15.5 Å². The van der Waals surface area contributed by atoms with Crippen LogP contribution < -0.4 is 14.9 Å². The van der Waals surface area contributed by atoms with Crippen molar-refractivity contribution in [1.82, 2.24) is 10.4 Å². The van der Waals surface area contributed by atoms with E-state index in [4.69, 9.17) is 9.47 Å². The molecule has 0 bridgehead atoms. The maximum absolute atomic E-state index is 12.0. The first kappa shape index (κ1) is 20.1. The van der Waals surface area contributed by atoms with Gasteiger partial charge in [-0.05, 0) is 60.9 Å². The number of carbonyl (C=O) groups excluding carboxylic acids is 1. The summed E-state index contributed by atoms with van der Waals surface area (Å²) in [4.78, 5) is 15.9. The monoisotopic (exact) mass is 389 g/mol. The van der Waals surface area contributed by atoms with Gasteiger partial charge < -0.3 is 9.47 Å². The summed E-state index contributed by atoms with van der Waals surface area (Å²) in [5.41, 5.74) is 6.81. The van der Waals surface area contributed by atoms with Crippen LogP contribution in [0.15, 0.2) is 66.0 Å². The first-order valence-electron chi connectivity index (χ1n) is 9.18. The molecule has 6 nitrogen and oxygen atoms in total. The number of methoxy groups -OCH3 is 1. The number of hydrogen-bond donors (Lipinski definition) is 1. The molecular formula is C23H23N3O3. The topological polar surface area (TPSA) is 72.8 Å². The minimum Gasteiger partial charge on any atom is -0.496 e. The number of para-hydroxylation sites is 1. The average Bonchev–Trinajstić information content (AvgIpc) is 2.74. The molecule has 0 aliphatic carbocycles. The maximum Gasteiger partial charge on any atom is 0.272 e. The Morgan fingerprint density at radius 3 is 2.62 bits per heavy atom. The van der Waals surface area contributed by atoms with Gasteiger partial charge in [0, 0.05) is 18.0 Å². The van der Waals surface area contributed by atoms with E-state index in [-0.39, 0.29) is 5.91 Å². The fourth-order valence-corrected chi connectivity index (χ4v) is 2.90. The number of ether oxygens (including phenoxy) is 2. The summed E-state index contributed by atoms with van der Waals surface area (Å²) in [6, 6.07) is 15.1. The highest BCUT2D eigenvalue weighted by Crippen LogP contribution is 2.26.